The Balaban J connectivity index is 1.47. The van der Waals surface area contributed by atoms with Crippen LogP contribution in [0.5, 0.6) is 0 Å². The smallest absolute Gasteiger partial charge is 0.233 e. The minimum Gasteiger partial charge on any atom is -0.348 e. The molecule has 1 aliphatic carbocycles. The summed E-state index contributed by atoms with van der Waals surface area (Å²) in [5.41, 5.74) is 3.60. The molecule has 156 valence electrons. The predicted octanol–water partition coefficient (Wildman–Crippen LogP) is 4.13. The first-order chi connectivity index (χ1) is 14.4. The minimum absolute atomic E-state index is 0.174. The third-order valence-electron chi connectivity index (χ3n) is 6.31. The molecule has 30 heavy (non-hydrogen) atoms. The van der Waals surface area contributed by atoms with Crippen LogP contribution in [-0.4, -0.2) is 33.6 Å². The molecule has 0 N–H and O–H groups in total. The van der Waals surface area contributed by atoms with Crippen molar-refractivity contribution in [3.8, 4) is 0 Å². The van der Waals surface area contributed by atoms with Crippen molar-refractivity contribution in [3.05, 3.63) is 70.0 Å². The summed E-state index contributed by atoms with van der Waals surface area (Å²) in [7, 11) is 0. The third-order valence-corrected chi connectivity index (χ3v) is 6.56. The molecule has 0 bridgehead atoms. The zero-order valence-electron chi connectivity index (χ0n) is 17.2. The lowest BCUT2D eigenvalue weighted by atomic mass is 9.85. The van der Waals surface area contributed by atoms with Crippen molar-refractivity contribution in [2.45, 2.75) is 39.7 Å². The van der Waals surface area contributed by atoms with Gasteiger partial charge >= 0.3 is 0 Å². The topological polar surface area (TPSA) is 59.4 Å². The summed E-state index contributed by atoms with van der Waals surface area (Å²) in [6, 6.07) is 9.61. The molecule has 0 radical (unpaired) electrons. The van der Waals surface area contributed by atoms with Gasteiger partial charge in [0.2, 0.25) is 11.8 Å². The van der Waals surface area contributed by atoms with Crippen molar-refractivity contribution in [1.29, 1.82) is 0 Å². The van der Waals surface area contributed by atoms with Crippen molar-refractivity contribution in [2.75, 3.05) is 6.54 Å². The quantitative estimate of drug-likeness (QED) is 0.398. The van der Waals surface area contributed by atoms with Crippen molar-refractivity contribution in [2.24, 2.45) is 11.8 Å². The number of rotatable bonds is 6. The number of carbonyl (C=O) groups is 3. The van der Waals surface area contributed by atoms with Gasteiger partial charge in [-0.15, -0.1) is 0 Å². The SMILES string of the molecule is Cc1cc(C(=O)CN2C(=O)[C@H]3CC=CC[C@@H]3C2=O)c(C)n1CCc1ccc(Cl)cc1. The molecule has 2 aliphatic rings. The van der Waals surface area contributed by atoms with Crippen molar-refractivity contribution < 1.29 is 14.4 Å². The summed E-state index contributed by atoms with van der Waals surface area (Å²) in [5.74, 6) is -1.21. The number of benzene rings is 1. The lowest BCUT2D eigenvalue weighted by Crippen LogP contribution is -2.36. The predicted molar refractivity (Wildman–Crippen MR) is 115 cm³/mol. The number of aromatic nitrogens is 1. The first-order valence-electron chi connectivity index (χ1n) is 10.3. The van der Waals surface area contributed by atoms with E-state index in [9.17, 15) is 14.4 Å². The Kier molecular flexibility index (Phi) is 5.65. The highest BCUT2D eigenvalue weighted by Gasteiger charge is 2.47. The summed E-state index contributed by atoms with van der Waals surface area (Å²) in [4.78, 5) is 39.5. The lowest BCUT2D eigenvalue weighted by molar-refractivity contribution is -0.139. The van der Waals surface area contributed by atoms with Crippen LogP contribution in [0, 0.1) is 25.7 Å². The van der Waals surface area contributed by atoms with E-state index < -0.39 is 0 Å². The summed E-state index contributed by atoms with van der Waals surface area (Å²) in [6.45, 7) is 4.45. The van der Waals surface area contributed by atoms with Gasteiger partial charge in [-0.1, -0.05) is 35.9 Å². The van der Waals surface area contributed by atoms with Gasteiger partial charge in [-0.2, -0.15) is 0 Å². The van der Waals surface area contributed by atoms with Crippen LogP contribution in [0.4, 0.5) is 0 Å². The number of hydrogen-bond donors (Lipinski definition) is 0. The molecule has 2 amide bonds. The molecule has 1 aliphatic heterocycles. The Morgan fingerprint density at radius 1 is 1.03 bits per heavy atom. The highest BCUT2D eigenvalue weighted by Crippen LogP contribution is 2.35. The molecule has 2 heterocycles. The average molecular weight is 425 g/mol. The van der Waals surface area contributed by atoms with Crippen LogP contribution in [0.3, 0.4) is 0 Å². The van der Waals surface area contributed by atoms with Crippen LogP contribution in [0.1, 0.15) is 40.2 Å². The van der Waals surface area contributed by atoms with Crippen LogP contribution in [-0.2, 0) is 22.6 Å². The first-order valence-corrected chi connectivity index (χ1v) is 10.7. The number of carbonyl (C=O) groups excluding carboxylic acids is 3. The van der Waals surface area contributed by atoms with E-state index in [-0.39, 0.29) is 36.0 Å². The van der Waals surface area contributed by atoms with Crippen LogP contribution in [0.25, 0.3) is 0 Å². The number of hydrogen-bond acceptors (Lipinski definition) is 3. The molecule has 2 aromatic rings. The molecule has 1 aromatic heterocycles. The second-order valence-electron chi connectivity index (χ2n) is 8.15. The summed E-state index contributed by atoms with van der Waals surface area (Å²) in [5, 5.41) is 0.710. The zero-order valence-corrected chi connectivity index (χ0v) is 18.0. The van der Waals surface area contributed by atoms with Crippen LogP contribution >= 0.6 is 11.6 Å². The fourth-order valence-corrected chi connectivity index (χ4v) is 4.70. The van der Waals surface area contributed by atoms with Gasteiger partial charge in [0.25, 0.3) is 0 Å². The van der Waals surface area contributed by atoms with Crippen LogP contribution < -0.4 is 0 Å². The fraction of sp³-hybridized carbons (Fsp3) is 0.375. The summed E-state index contributed by atoms with van der Waals surface area (Å²) < 4.78 is 2.11. The van der Waals surface area contributed by atoms with E-state index in [1.165, 1.54) is 10.5 Å². The number of amides is 2. The number of nitrogens with zero attached hydrogens (tertiary/aromatic N) is 2. The molecular formula is C24H25ClN2O3. The Morgan fingerprint density at radius 2 is 1.63 bits per heavy atom. The van der Waals surface area contributed by atoms with E-state index in [1.54, 1.807) is 0 Å². The van der Waals surface area contributed by atoms with Gasteiger partial charge in [0, 0.05) is 28.5 Å². The number of allylic oxidation sites excluding steroid dienone is 2. The summed E-state index contributed by atoms with van der Waals surface area (Å²) >= 11 is 5.95. The Hall–Kier alpha value is -2.66. The molecule has 0 unspecified atom stereocenters. The minimum atomic E-state index is -0.304. The third kappa shape index (κ3) is 3.74. The van der Waals surface area contributed by atoms with Gasteiger partial charge < -0.3 is 4.57 Å². The monoisotopic (exact) mass is 424 g/mol. The molecular weight excluding hydrogens is 400 g/mol. The van der Waals surface area contributed by atoms with E-state index in [0.29, 0.717) is 23.4 Å². The second-order valence-corrected chi connectivity index (χ2v) is 8.59. The maximum Gasteiger partial charge on any atom is 0.233 e. The summed E-state index contributed by atoms with van der Waals surface area (Å²) in [6.07, 6.45) is 5.89. The van der Waals surface area contributed by atoms with Crippen LogP contribution in [0.2, 0.25) is 5.02 Å². The molecule has 1 saturated heterocycles. The molecule has 6 heteroatoms. The highest BCUT2D eigenvalue weighted by atomic mass is 35.5. The number of likely N-dealkylation sites (tertiary alicyclic amines) is 1. The Labute approximate surface area is 181 Å². The lowest BCUT2D eigenvalue weighted by Gasteiger charge is -2.14. The van der Waals surface area contributed by atoms with Gasteiger partial charge in [-0.3, -0.25) is 19.3 Å². The Morgan fingerprint density at radius 3 is 2.23 bits per heavy atom. The average Bonchev–Trinajstić information content (AvgIpc) is 3.16. The number of halogens is 1. The molecule has 1 aromatic carbocycles. The molecule has 0 spiro atoms. The molecule has 5 nitrogen and oxygen atoms in total. The molecule has 1 fully saturated rings. The van der Waals surface area contributed by atoms with E-state index in [4.69, 9.17) is 11.6 Å². The van der Waals surface area contributed by atoms with Gasteiger partial charge in [0.05, 0.1) is 18.4 Å². The van der Waals surface area contributed by atoms with Crippen LogP contribution in [0.15, 0.2) is 42.5 Å². The Bertz CT molecular complexity index is 1010. The van der Waals surface area contributed by atoms with Gasteiger partial charge in [0.15, 0.2) is 5.78 Å². The maximum atomic E-state index is 13.0. The number of aryl methyl sites for hydroxylation is 2. The van der Waals surface area contributed by atoms with E-state index in [0.717, 1.165) is 24.4 Å². The number of imide groups is 1. The van der Waals surface area contributed by atoms with E-state index in [2.05, 4.69) is 4.57 Å². The second kappa shape index (κ2) is 8.23. The van der Waals surface area contributed by atoms with Gasteiger partial charge in [0.1, 0.15) is 0 Å². The zero-order chi connectivity index (χ0) is 21.4. The molecule has 4 rings (SSSR count). The van der Waals surface area contributed by atoms with E-state index >= 15 is 0 Å². The van der Waals surface area contributed by atoms with Crippen molar-refractivity contribution in [1.82, 2.24) is 9.47 Å². The number of ketones is 1. The molecule has 0 saturated carbocycles. The largest absolute Gasteiger partial charge is 0.348 e. The van der Waals surface area contributed by atoms with Crippen molar-refractivity contribution in [3.63, 3.8) is 0 Å². The first kappa shape index (κ1) is 20.6. The fourth-order valence-electron chi connectivity index (χ4n) is 4.57. The number of Topliss-reactive ketones (excluding diaryl/α,β-unsaturated/α-hetero) is 1. The highest BCUT2D eigenvalue weighted by molar-refractivity contribution is 6.30. The standard InChI is InChI=1S/C24H25ClN2O3/c1-15-13-21(16(2)26(15)12-11-17-7-9-18(25)10-8-17)22(28)14-27-23(29)19-5-3-4-6-20(19)24(27)30/h3-4,7-10,13,19-20H,5-6,11-12,14H2,1-2H3/t19-,20-/m0/s1. The normalized spacial score (nSPS) is 20.7. The van der Waals surface area contributed by atoms with Crippen molar-refractivity contribution >= 4 is 29.2 Å². The van der Waals surface area contributed by atoms with Gasteiger partial charge in [-0.25, -0.2) is 0 Å². The van der Waals surface area contributed by atoms with E-state index in [1.807, 2.05) is 56.3 Å². The maximum absolute atomic E-state index is 13.0. The van der Waals surface area contributed by atoms with Gasteiger partial charge in [-0.05, 0) is 56.9 Å². The number of fused-ring (bicyclic) bond motifs is 1. The molecule has 2 atom stereocenters.